The Bertz CT molecular complexity index is 214. The van der Waals surface area contributed by atoms with Gasteiger partial charge in [0.25, 0.3) is 0 Å². The van der Waals surface area contributed by atoms with Crippen LogP contribution >= 0.6 is 7.60 Å². The van der Waals surface area contributed by atoms with Gasteiger partial charge in [0.15, 0.2) is 0 Å². The fraction of sp³-hybridized carbons (Fsp3) is 1.00. The van der Waals surface area contributed by atoms with Crippen LogP contribution in [0.4, 0.5) is 0 Å². The number of rotatable bonds is 5. The first-order valence-electron chi connectivity index (χ1n) is 4.62. The van der Waals surface area contributed by atoms with Gasteiger partial charge < -0.3 is 14.5 Å². The maximum Gasteiger partial charge on any atom is 0.331 e. The van der Waals surface area contributed by atoms with Crippen molar-refractivity contribution in [2.75, 3.05) is 6.61 Å². The third-order valence-corrected chi connectivity index (χ3v) is 4.99. The van der Waals surface area contributed by atoms with Crippen LogP contribution in [0.15, 0.2) is 0 Å². The lowest BCUT2D eigenvalue weighted by Gasteiger charge is -2.31. The van der Waals surface area contributed by atoms with Crippen molar-refractivity contribution in [1.82, 2.24) is 0 Å². The highest BCUT2D eigenvalue weighted by Crippen LogP contribution is 2.57. The fourth-order valence-corrected chi connectivity index (χ4v) is 2.94. The first-order chi connectivity index (χ1) is 5.95. The van der Waals surface area contributed by atoms with E-state index in [0.717, 1.165) is 0 Å². The monoisotopic (exact) mass is 208 g/mol. The molecular weight excluding hydrogens is 191 g/mol. The average molecular weight is 208 g/mol. The summed E-state index contributed by atoms with van der Waals surface area (Å²) in [5, 5.41) is -0.853. The predicted octanol–water partition coefficient (Wildman–Crippen LogP) is 1.51. The summed E-state index contributed by atoms with van der Waals surface area (Å²) < 4.78 is 16.3. The van der Waals surface area contributed by atoms with E-state index in [2.05, 4.69) is 0 Å². The van der Waals surface area contributed by atoms with E-state index in [9.17, 15) is 14.4 Å². The molecule has 0 aromatic carbocycles. The van der Waals surface area contributed by atoms with Crippen molar-refractivity contribution in [3.63, 3.8) is 0 Å². The van der Waals surface area contributed by atoms with E-state index in [1.807, 2.05) is 13.8 Å². The second kappa shape index (κ2) is 3.70. The van der Waals surface area contributed by atoms with E-state index in [1.165, 1.54) is 0 Å². The van der Waals surface area contributed by atoms with Crippen LogP contribution < -0.4 is 0 Å². The Labute approximate surface area is 78.5 Å². The molecule has 4 nitrogen and oxygen atoms in total. The first kappa shape index (κ1) is 11.2. The molecule has 1 fully saturated rings. The topological polar surface area (TPSA) is 70.1 Å². The minimum atomic E-state index is -4.00. The van der Waals surface area contributed by atoms with Crippen LogP contribution in [0.3, 0.4) is 0 Å². The van der Waals surface area contributed by atoms with Crippen LogP contribution in [0.25, 0.3) is 0 Å². The molecule has 1 rings (SSSR count). The van der Waals surface area contributed by atoms with E-state index in [0.29, 0.717) is 25.9 Å². The zero-order valence-corrected chi connectivity index (χ0v) is 8.96. The Morgan fingerprint density at radius 1 is 1.46 bits per heavy atom. The number of epoxide rings is 1. The molecule has 1 unspecified atom stereocenters. The van der Waals surface area contributed by atoms with Gasteiger partial charge in [-0.1, -0.05) is 13.8 Å². The van der Waals surface area contributed by atoms with Crippen LogP contribution in [-0.2, 0) is 9.30 Å². The predicted molar refractivity (Wildman–Crippen MR) is 49.7 cm³/mol. The van der Waals surface area contributed by atoms with Crippen molar-refractivity contribution >= 4 is 7.60 Å². The molecule has 0 aromatic heterocycles. The normalized spacial score (nSPS) is 23.2. The van der Waals surface area contributed by atoms with Gasteiger partial charge in [0.1, 0.15) is 0 Å². The van der Waals surface area contributed by atoms with Gasteiger partial charge in [0, 0.05) is 0 Å². The Hall–Kier alpha value is 0.110. The summed E-state index contributed by atoms with van der Waals surface area (Å²) in [6, 6.07) is 0. The summed E-state index contributed by atoms with van der Waals surface area (Å²) >= 11 is 0. The maximum absolute atomic E-state index is 11.3. The van der Waals surface area contributed by atoms with Crippen LogP contribution in [0.1, 0.15) is 33.1 Å². The summed E-state index contributed by atoms with van der Waals surface area (Å²) in [6.45, 7) is 4.30. The third-order valence-electron chi connectivity index (χ3n) is 2.94. The van der Waals surface area contributed by atoms with Crippen LogP contribution in [0, 0.1) is 0 Å². The van der Waals surface area contributed by atoms with E-state index in [1.54, 1.807) is 0 Å². The van der Waals surface area contributed by atoms with Crippen molar-refractivity contribution in [3.05, 3.63) is 0 Å². The molecule has 0 radical (unpaired) electrons. The van der Waals surface area contributed by atoms with E-state index >= 15 is 0 Å². The summed E-state index contributed by atoms with van der Waals surface area (Å²) in [6.07, 6.45) is 1.58. The Morgan fingerprint density at radius 3 is 2.15 bits per heavy atom. The summed E-state index contributed by atoms with van der Waals surface area (Å²) in [7, 11) is -4.00. The number of ether oxygens (including phenoxy) is 1. The van der Waals surface area contributed by atoms with Gasteiger partial charge in [0.05, 0.1) is 17.9 Å². The Morgan fingerprint density at radius 2 is 1.92 bits per heavy atom. The summed E-state index contributed by atoms with van der Waals surface area (Å²) in [4.78, 5) is 18.5. The van der Waals surface area contributed by atoms with Gasteiger partial charge in [-0.15, -0.1) is 0 Å². The lowest BCUT2D eigenvalue weighted by atomic mass is 9.96. The van der Waals surface area contributed by atoms with Gasteiger partial charge >= 0.3 is 7.60 Å². The minimum absolute atomic E-state index is 0.0764. The van der Waals surface area contributed by atoms with Gasteiger partial charge in [-0.05, 0) is 19.3 Å². The summed E-state index contributed by atoms with van der Waals surface area (Å²) in [5.74, 6) is 0. The number of hydrogen-bond acceptors (Lipinski definition) is 2. The minimum Gasteiger partial charge on any atom is -0.373 e. The van der Waals surface area contributed by atoms with Crippen molar-refractivity contribution in [1.29, 1.82) is 0 Å². The quantitative estimate of drug-likeness (QED) is 0.530. The molecule has 1 aliphatic rings. The zero-order valence-electron chi connectivity index (χ0n) is 8.06. The largest absolute Gasteiger partial charge is 0.373 e. The van der Waals surface area contributed by atoms with Gasteiger partial charge in [-0.3, -0.25) is 4.57 Å². The number of hydrogen-bond donors (Lipinski definition) is 2. The second-order valence-corrected chi connectivity index (χ2v) is 5.67. The molecule has 0 amide bonds. The van der Waals surface area contributed by atoms with Crippen LogP contribution in [0.5, 0.6) is 0 Å². The van der Waals surface area contributed by atoms with Gasteiger partial charge in [0.2, 0.25) is 0 Å². The molecule has 1 heterocycles. The zero-order chi connectivity index (χ0) is 10.1. The fourth-order valence-electron chi connectivity index (χ4n) is 1.68. The molecular formula is C8H17O4P. The highest BCUT2D eigenvalue weighted by molar-refractivity contribution is 7.53. The van der Waals surface area contributed by atoms with E-state index in [-0.39, 0.29) is 6.10 Å². The SMILES string of the molecule is CCC(CC)(CC1CO1)P(=O)(O)O. The molecule has 78 valence electrons. The third kappa shape index (κ3) is 2.32. The molecule has 0 bridgehead atoms. The molecule has 1 saturated heterocycles. The second-order valence-electron chi connectivity index (χ2n) is 3.63. The standard InChI is InChI=1S/C8H17O4P/c1-3-8(4-2,13(9,10)11)5-7-6-12-7/h7H,3-6H2,1-2H3,(H2,9,10,11). The lowest BCUT2D eigenvalue weighted by Crippen LogP contribution is -2.29. The van der Waals surface area contributed by atoms with Crippen molar-refractivity contribution in [2.24, 2.45) is 0 Å². The molecule has 5 heteroatoms. The van der Waals surface area contributed by atoms with E-state index < -0.39 is 12.8 Å². The van der Waals surface area contributed by atoms with Gasteiger partial charge in [-0.2, -0.15) is 0 Å². The van der Waals surface area contributed by atoms with Crippen molar-refractivity contribution in [2.45, 2.75) is 44.4 Å². The molecule has 0 aromatic rings. The van der Waals surface area contributed by atoms with Crippen molar-refractivity contribution in [3.8, 4) is 0 Å². The summed E-state index contributed by atoms with van der Waals surface area (Å²) in [5.41, 5.74) is 0. The highest BCUT2D eigenvalue weighted by atomic mass is 31.2. The molecule has 0 aliphatic carbocycles. The molecule has 0 spiro atoms. The maximum atomic E-state index is 11.3. The molecule has 13 heavy (non-hydrogen) atoms. The van der Waals surface area contributed by atoms with Gasteiger partial charge in [-0.25, -0.2) is 0 Å². The lowest BCUT2D eigenvalue weighted by molar-refractivity contribution is 0.283. The average Bonchev–Trinajstić information content (AvgIpc) is 2.81. The Kier molecular flexibility index (Phi) is 3.18. The molecule has 1 atom stereocenters. The highest BCUT2D eigenvalue weighted by Gasteiger charge is 2.47. The van der Waals surface area contributed by atoms with Crippen LogP contribution in [-0.4, -0.2) is 27.7 Å². The van der Waals surface area contributed by atoms with Crippen molar-refractivity contribution < 1.29 is 19.1 Å². The Balaban J connectivity index is 2.76. The molecule has 2 N–H and O–H groups in total. The van der Waals surface area contributed by atoms with E-state index in [4.69, 9.17) is 4.74 Å². The molecule has 1 aliphatic heterocycles. The molecule has 0 saturated carbocycles. The van der Waals surface area contributed by atoms with Crippen LogP contribution in [0.2, 0.25) is 0 Å². The smallest absolute Gasteiger partial charge is 0.331 e. The first-order valence-corrected chi connectivity index (χ1v) is 6.23.